The molecule has 25 heavy (non-hydrogen) atoms. The molecule has 0 aliphatic heterocycles. The van der Waals surface area contributed by atoms with Gasteiger partial charge in [0, 0.05) is 42.6 Å². The van der Waals surface area contributed by atoms with Crippen molar-refractivity contribution in [3.63, 3.8) is 0 Å². The maximum atomic E-state index is 5.40. The van der Waals surface area contributed by atoms with Gasteiger partial charge in [0.2, 0.25) is 0 Å². The Balaban J connectivity index is 0.00000312. The third-order valence-electron chi connectivity index (χ3n) is 3.65. The number of nitrogens with one attached hydrogen (secondary N) is 2. The molecule has 0 atom stereocenters. The number of aryl methyl sites for hydroxylation is 3. The second kappa shape index (κ2) is 11.5. The Bertz CT molecular complexity index is 646. The zero-order valence-electron chi connectivity index (χ0n) is 15.4. The number of thiazole rings is 1. The molecule has 0 bridgehead atoms. The Morgan fingerprint density at radius 1 is 1.24 bits per heavy atom. The topological polar surface area (TPSA) is 75.3 Å². The van der Waals surface area contributed by atoms with Crippen molar-refractivity contribution in [2.24, 2.45) is 4.99 Å². The van der Waals surface area contributed by atoms with Gasteiger partial charge in [0.05, 0.1) is 17.2 Å². The highest BCUT2D eigenvalue weighted by Gasteiger charge is 2.13. The number of hydrogen-bond donors (Lipinski definition) is 2. The van der Waals surface area contributed by atoms with Gasteiger partial charge >= 0.3 is 0 Å². The fourth-order valence-electron chi connectivity index (χ4n) is 2.42. The normalized spacial score (nSPS) is 11.3. The molecular formula is C17H28IN5OS. The first-order valence-corrected chi connectivity index (χ1v) is 9.39. The molecule has 0 radical (unpaired) electrons. The van der Waals surface area contributed by atoms with E-state index in [-0.39, 0.29) is 24.0 Å². The van der Waals surface area contributed by atoms with E-state index in [0.717, 1.165) is 60.3 Å². The highest BCUT2D eigenvalue weighted by molar-refractivity contribution is 14.0. The Kier molecular flexibility index (Phi) is 10.0. The molecule has 140 valence electrons. The quantitative estimate of drug-likeness (QED) is 0.346. The number of nitrogens with zero attached hydrogens (tertiary/aromatic N) is 3. The third kappa shape index (κ3) is 6.58. The Hall–Kier alpha value is -1.16. The Morgan fingerprint density at radius 2 is 2.04 bits per heavy atom. The van der Waals surface area contributed by atoms with E-state index in [1.807, 2.05) is 6.20 Å². The van der Waals surface area contributed by atoms with E-state index >= 15 is 0 Å². The molecule has 0 aliphatic carbocycles. The summed E-state index contributed by atoms with van der Waals surface area (Å²) >= 11 is 1.74. The van der Waals surface area contributed by atoms with Crippen molar-refractivity contribution in [1.29, 1.82) is 0 Å². The van der Waals surface area contributed by atoms with Crippen molar-refractivity contribution >= 4 is 41.3 Å². The van der Waals surface area contributed by atoms with Gasteiger partial charge in [0.15, 0.2) is 5.96 Å². The summed E-state index contributed by atoms with van der Waals surface area (Å²) < 4.78 is 5.40. The van der Waals surface area contributed by atoms with E-state index in [4.69, 9.17) is 4.52 Å². The number of hydrogen-bond acceptors (Lipinski definition) is 5. The van der Waals surface area contributed by atoms with Crippen LogP contribution >= 0.6 is 35.3 Å². The van der Waals surface area contributed by atoms with Gasteiger partial charge in [0.1, 0.15) is 5.76 Å². The van der Waals surface area contributed by atoms with Crippen molar-refractivity contribution in [1.82, 2.24) is 20.8 Å². The summed E-state index contributed by atoms with van der Waals surface area (Å²) in [5.41, 5.74) is 2.12. The molecule has 0 unspecified atom stereocenters. The zero-order chi connectivity index (χ0) is 17.4. The number of guanidine groups is 1. The predicted octanol–water partition coefficient (Wildman–Crippen LogP) is 3.48. The standard InChI is InChI=1S/C17H27N5OS.HI/c1-5-14-13(15(6-2)23-22-14)11-21-17(18-7-3)19-9-8-16-20-10-12(4)24-16;/h10H,5-9,11H2,1-4H3,(H2,18,19,21);1H. The van der Waals surface area contributed by atoms with Crippen LogP contribution in [0.1, 0.15) is 47.7 Å². The Labute approximate surface area is 170 Å². The van der Waals surface area contributed by atoms with Gasteiger partial charge in [-0.1, -0.05) is 19.0 Å². The van der Waals surface area contributed by atoms with Crippen molar-refractivity contribution in [3.8, 4) is 0 Å². The molecule has 2 N–H and O–H groups in total. The maximum Gasteiger partial charge on any atom is 0.191 e. The van der Waals surface area contributed by atoms with Crippen molar-refractivity contribution < 1.29 is 4.52 Å². The smallest absolute Gasteiger partial charge is 0.191 e. The second-order valence-corrected chi connectivity index (χ2v) is 6.79. The van der Waals surface area contributed by atoms with Crippen molar-refractivity contribution in [3.05, 3.63) is 33.1 Å². The zero-order valence-corrected chi connectivity index (χ0v) is 18.5. The van der Waals surface area contributed by atoms with Crippen LogP contribution < -0.4 is 10.6 Å². The van der Waals surface area contributed by atoms with Crippen LogP contribution in [0.25, 0.3) is 0 Å². The molecule has 0 saturated carbocycles. The highest BCUT2D eigenvalue weighted by Crippen LogP contribution is 2.16. The van der Waals surface area contributed by atoms with E-state index in [1.165, 1.54) is 4.88 Å². The van der Waals surface area contributed by atoms with Crippen LogP contribution in [-0.2, 0) is 25.8 Å². The lowest BCUT2D eigenvalue weighted by molar-refractivity contribution is 0.380. The van der Waals surface area contributed by atoms with Gasteiger partial charge < -0.3 is 15.2 Å². The van der Waals surface area contributed by atoms with Crippen LogP contribution in [0.5, 0.6) is 0 Å². The molecule has 0 spiro atoms. The first-order valence-electron chi connectivity index (χ1n) is 8.57. The van der Waals surface area contributed by atoms with Crippen LogP contribution in [0.2, 0.25) is 0 Å². The van der Waals surface area contributed by atoms with Crippen LogP contribution in [-0.4, -0.2) is 29.2 Å². The summed E-state index contributed by atoms with van der Waals surface area (Å²) in [7, 11) is 0. The maximum absolute atomic E-state index is 5.40. The fraction of sp³-hybridized carbons (Fsp3) is 0.588. The molecule has 0 amide bonds. The van der Waals surface area contributed by atoms with E-state index in [9.17, 15) is 0 Å². The monoisotopic (exact) mass is 477 g/mol. The van der Waals surface area contributed by atoms with Crippen LogP contribution in [0, 0.1) is 6.92 Å². The second-order valence-electron chi connectivity index (χ2n) is 5.47. The van der Waals surface area contributed by atoms with Gasteiger partial charge in [-0.15, -0.1) is 35.3 Å². The highest BCUT2D eigenvalue weighted by atomic mass is 127. The number of aromatic nitrogens is 2. The molecule has 2 aromatic rings. The summed E-state index contributed by atoms with van der Waals surface area (Å²) in [6.07, 6.45) is 4.52. The molecule has 0 fully saturated rings. The summed E-state index contributed by atoms with van der Waals surface area (Å²) in [5, 5.41) is 11.9. The van der Waals surface area contributed by atoms with E-state index < -0.39 is 0 Å². The molecule has 0 aromatic carbocycles. The van der Waals surface area contributed by atoms with Crippen molar-refractivity contribution in [2.45, 2.75) is 53.5 Å². The number of halogens is 1. The Morgan fingerprint density at radius 3 is 2.64 bits per heavy atom. The van der Waals surface area contributed by atoms with Gasteiger partial charge in [0.25, 0.3) is 0 Å². The minimum atomic E-state index is 0. The molecular weight excluding hydrogens is 449 g/mol. The molecule has 2 rings (SSSR count). The molecule has 0 saturated heterocycles. The fourth-order valence-corrected chi connectivity index (χ4v) is 3.21. The molecule has 6 nitrogen and oxygen atoms in total. The lowest BCUT2D eigenvalue weighted by atomic mass is 10.1. The summed E-state index contributed by atoms with van der Waals surface area (Å²) in [5.74, 6) is 1.75. The summed E-state index contributed by atoms with van der Waals surface area (Å²) in [6.45, 7) is 10.5. The average molecular weight is 477 g/mol. The van der Waals surface area contributed by atoms with Crippen LogP contribution in [0.3, 0.4) is 0 Å². The molecule has 2 aromatic heterocycles. The first kappa shape index (κ1) is 21.9. The predicted molar refractivity (Wildman–Crippen MR) is 114 cm³/mol. The molecule has 8 heteroatoms. The van der Waals surface area contributed by atoms with Gasteiger partial charge in [-0.2, -0.15) is 0 Å². The van der Waals surface area contributed by atoms with Gasteiger partial charge in [-0.3, -0.25) is 0 Å². The van der Waals surface area contributed by atoms with Crippen molar-refractivity contribution in [2.75, 3.05) is 13.1 Å². The lowest BCUT2D eigenvalue weighted by Gasteiger charge is -2.10. The largest absolute Gasteiger partial charge is 0.361 e. The van der Waals surface area contributed by atoms with E-state index in [1.54, 1.807) is 11.3 Å². The number of rotatable bonds is 8. The van der Waals surface area contributed by atoms with E-state index in [2.05, 4.69) is 53.5 Å². The summed E-state index contributed by atoms with van der Waals surface area (Å²) in [4.78, 5) is 10.3. The first-order chi connectivity index (χ1) is 11.7. The third-order valence-corrected chi connectivity index (χ3v) is 4.62. The minimum Gasteiger partial charge on any atom is -0.361 e. The molecule has 2 heterocycles. The minimum absolute atomic E-state index is 0. The molecule has 0 aliphatic rings. The van der Waals surface area contributed by atoms with E-state index in [0.29, 0.717) is 6.54 Å². The van der Waals surface area contributed by atoms with Gasteiger partial charge in [-0.05, 0) is 20.3 Å². The number of aliphatic imine (C=N–C) groups is 1. The van der Waals surface area contributed by atoms with Gasteiger partial charge in [-0.25, -0.2) is 9.98 Å². The average Bonchev–Trinajstić information content (AvgIpc) is 3.17. The SMILES string of the molecule is CCNC(=NCc1c(CC)noc1CC)NCCc1ncc(C)s1.I. The summed E-state index contributed by atoms with van der Waals surface area (Å²) in [6, 6.07) is 0. The lowest BCUT2D eigenvalue weighted by Crippen LogP contribution is -2.38. The van der Waals surface area contributed by atoms with Crippen LogP contribution in [0.4, 0.5) is 0 Å². The van der Waals surface area contributed by atoms with Crippen LogP contribution in [0.15, 0.2) is 15.7 Å².